The number of nitrogens with zero attached hydrogens (tertiary/aromatic N) is 3. The molecule has 0 aliphatic carbocycles. The number of rotatable bonds is 3. The van der Waals surface area contributed by atoms with Crippen LogP contribution in [0.3, 0.4) is 0 Å². The molecular formula is C15H19N5O2. The molecule has 3 rings (SSSR count). The largest absolute Gasteiger partial charge is 0.358 e. The Morgan fingerprint density at radius 3 is 2.68 bits per heavy atom. The van der Waals surface area contributed by atoms with Crippen LogP contribution >= 0.6 is 0 Å². The number of H-pyrrole nitrogens is 1. The van der Waals surface area contributed by atoms with Gasteiger partial charge in [0.15, 0.2) is 5.69 Å². The first-order valence-electron chi connectivity index (χ1n) is 7.34. The molecular weight excluding hydrogens is 282 g/mol. The highest BCUT2D eigenvalue weighted by Crippen LogP contribution is 2.17. The Hall–Kier alpha value is -2.41. The summed E-state index contributed by atoms with van der Waals surface area (Å²) in [6.45, 7) is 2.99. The summed E-state index contributed by atoms with van der Waals surface area (Å²) in [6.07, 6.45) is 0. The van der Waals surface area contributed by atoms with E-state index in [1.54, 1.807) is 11.9 Å². The van der Waals surface area contributed by atoms with Gasteiger partial charge in [0, 0.05) is 38.6 Å². The van der Waals surface area contributed by atoms with Gasteiger partial charge < -0.3 is 10.2 Å². The fourth-order valence-corrected chi connectivity index (χ4v) is 2.67. The predicted molar refractivity (Wildman–Crippen MR) is 82.5 cm³/mol. The van der Waals surface area contributed by atoms with Gasteiger partial charge in [0.1, 0.15) is 0 Å². The summed E-state index contributed by atoms with van der Waals surface area (Å²) in [6, 6.07) is 7.61. The van der Waals surface area contributed by atoms with Crippen molar-refractivity contribution in [2.45, 2.75) is 0 Å². The SMILES string of the molecule is CNC(=O)CN1CCN(C(=O)c2n[nH]c3ccccc23)CC1. The van der Waals surface area contributed by atoms with Crippen LogP contribution in [0.25, 0.3) is 10.9 Å². The number of carbonyl (C=O) groups excluding carboxylic acids is 2. The van der Waals surface area contributed by atoms with Gasteiger partial charge in [-0.1, -0.05) is 18.2 Å². The average Bonchev–Trinajstić information content (AvgIpc) is 2.99. The lowest BCUT2D eigenvalue weighted by Gasteiger charge is -2.33. The minimum atomic E-state index is -0.0583. The van der Waals surface area contributed by atoms with Crippen molar-refractivity contribution in [2.75, 3.05) is 39.8 Å². The highest BCUT2D eigenvalue weighted by atomic mass is 16.2. The minimum absolute atomic E-state index is 0.00179. The molecule has 2 N–H and O–H groups in total. The molecule has 116 valence electrons. The fraction of sp³-hybridized carbons (Fsp3) is 0.400. The van der Waals surface area contributed by atoms with E-state index in [9.17, 15) is 9.59 Å². The highest BCUT2D eigenvalue weighted by molar-refractivity contribution is 6.04. The van der Waals surface area contributed by atoms with Crippen LogP contribution in [0.4, 0.5) is 0 Å². The van der Waals surface area contributed by atoms with Crippen molar-refractivity contribution < 1.29 is 9.59 Å². The number of fused-ring (bicyclic) bond motifs is 1. The molecule has 0 bridgehead atoms. The molecule has 0 spiro atoms. The van der Waals surface area contributed by atoms with Crippen molar-refractivity contribution in [1.29, 1.82) is 0 Å². The van der Waals surface area contributed by atoms with Crippen molar-refractivity contribution >= 4 is 22.7 Å². The lowest BCUT2D eigenvalue weighted by molar-refractivity contribution is -0.122. The Balaban J connectivity index is 1.66. The number of hydrogen-bond acceptors (Lipinski definition) is 4. The number of nitrogens with one attached hydrogen (secondary N) is 2. The van der Waals surface area contributed by atoms with Crippen molar-refractivity contribution in [3.8, 4) is 0 Å². The monoisotopic (exact) mass is 301 g/mol. The number of carbonyl (C=O) groups is 2. The Morgan fingerprint density at radius 1 is 1.23 bits per heavy atom. The third-order valence-corrected chi connectivity index (χ3v) is 3.98. The number of hydrogen-bond donors (Lipinski definition) is 2. The molecule has 1 saturated heterocycles. The summed E-state index contributed by atoms with van der Waals surface area (Å²) in [4.78, 5) is 27.8. The van der Waals surface area contributed by atoms with Gasteiger partial charge in [0.05, 0.1) is 12.1 Å². The molecule has 7 heteroatoms. The maximum Gasteiger partial charge on any atom is 0.275 e. The zero-order chi connectivity index (χ0) is 15.5. The molecule has 0 atom stereocenters. The first kappa shape index (κ1) is 14.5. The van der Waals surface area contributed by atoms with E-state index in [4.69, 9.17) is 0 Å². The van der Waals surface area contributed by atoms with Crippen molar-refractivity contribution in [3.05, 3.63) is 30.0 Å². The predicted octanol–water partition coefficient (Wildman–Crippen LogP) is 0.0667. The van der Waals surface area contributed by atoms with E-state index in [1.165, 1.54) is 0 Å². The van der Waals surface area contributed by atoms with Crippen LogP contribution in [0.2, 0.25) is 0 Å². The molecule has 2 aromatic rings. The quantitative estimate of drug-likeness (QED) is 0.840. The second-order valence-corrected chi connectivity index (χ2v) is 5.36. The second-order valence-electron chi connectivity index (χ2n) is 5.36. The van der Waals surface area contributed by atoms with Crippen LogP contribution in [0.15, 0.2) is 24.3 Å². The summed E-state index contributed by atoms with van der Waals surface area (Å²) < 4.78 is 0. The highest BCUT2D eigenvalue weighted by Gasteiger charge is 2.25. The molecule has 1 aliphatic rings. The molecule has 1 fully saturated rings. The third kappa shape index (κ3) is 2.80. The molecule has 1 aromatic heterocycles. The van der Waals surface area contributed by atoms with Crippen LogP contribution in [0, 0.1) is 0 Å². The van der Waals surface area contributed by atoms with Gasteiger partial charge in [0.25, 0.3) is 5.91 Å². The van der Waals surface area contributed by atoms with Crippen LogP contribution in [0.1, 0.15) is 10.5 Å². The van der Waals surface area contributed by atoms with Crippen molar-refractivity contribution in [3.63, 3.8) is 0 Å². The third-order valence-electron chi connectivity index (χ3n) is 3.98. The summed E-state index contributed by atoms with van der Waals surface area (Å²) >= 11 is 0. The smallest absolute Gasteiger partial charge is 0.275 e. The number of benzene rings is 1. The fourth-order valence-electron chi connectivity index (χ4n) is 2.67. The molecule has 2 heterocycles. The summed E-state index contributed by atoms with van der Waals surface area (Å²) in [5.41, 5.74) is 1.33. The van der Waals surface area contributed by atoms with Gasteiger partial charge in [-0.25, -0.2) is 0 Å². The molecule has 22 heavy (non-hydrogen) atoms. The summed E-state index contributed by atoms with van der Waals surface area (Å²) in [5, 5.41) is 10.5. The van der Waals surface area contributed by atoms with Crippen LogP contribution in [0.5, 0.6) is 0 Å². The molecule has 1 aromatic carbocycles. The zero-order valence-electron chi connectivity index (χ0n) is 12.5. The second kappa shape index (κ2) is 6.15. The van der Waals surface area contributed by atoms with E-state index in [-0.39, 0.29) is 11.8 Å². The number of likely N-dealkylation sites (N-methyl/N-ethyl adjacent to an activating group) is 1. The molecule has 2 amide bonds. The van der Waals surface area contributed by atoms with E-state index in [1.807, 2.05) is 29.2 Å². The normalized spacial score (nSPS) is 16.0. The summed E-state index contributed by atoms with van der Waals surface area (Å²) in [5.74, 6) is -0.0601. The van der Waals surface area contributed by atoms with Crippen molar-refractivity contribution in [2.24, 2.45) is 0 Å². The van der Waals surface area contributed by atoms with E-state index in [0.29, 0.717) is 38.4 Å². The van der Waals surface area contributed by atoms with Crippen molar-refractivity contribution in [1.82, 2.24) is 25.3 Å². The summed E-state index contributed by atoms with van der Waals surface area (Å²) in [7, 11) is 1.63. The van der Waals surface area contributed by atoms with E-state index >= 15 is 0 Å². The number of para-hydroxylation sites is 1. The van der Waals surface area contributed by atoms with E-state index in [2.05, 4.69) is 15.5 Å². The van der Waals surface area contributed by atoms with Crippen LogP contribution in [-0.4, -0.2) is 71.6 Å². The molecule has 0 saturated carbocycles. The molecule has 0 radical (unpaired) electrons. The first-order chi connectivity index (χ1) is 10.7. The van der Waals surface area contributed by atoms with Gasteiger partial charge in [-0.05, 0) is 6.07 Å². The molecule has 0 unspecified atom stereocenters. The van der Waals surface area contributed by atoms with Crippen LogP contribution < -0.4 is 5.32 Å². The maximum atomic E-state index is 12.6. The van der Waals surface area contributed by atoms with Crippen LogP contribution in [-0.2, 0) is 4.79 Å². The maximum absolute atomic E-state index is 12.6. The Kier molecular flexibility index (Phi) is 4.06. The van der Waals surface area contributed by atoms with E-state index < -0.39 is 0 Å². The van der Waals surface area contributed by atoms with Gasteiger partial charge >= 0.3 is 0 Å². The first-order valence-corrected chi connectivity index (χ1v) is 7.34. The van der Waals surface area contributed by atoms with Gasteiger partial charge in [-0.3, -0.25) is 19.6 Å². The Bertz CT molecular complexity index is 688. The van der Waals surface area contributed by atoms with Gasteiger partial charge in [-0.2, -0.15) is 5.10 Å². The lowest BCUT2D eigenvalue weighted by atomic mass is 10.2. The minimum Gasteiger partial charge on any atom is -0.358 e. The molecule has 1 aliphatic heterocycles. The van der Waals surface area contributed by atoms with Gasteiger partial charge in [0.2, 0.25) is 5.91 Å². The number of aromatic nitrogens is 2. The standard InChI is InChI=1S/C15H19N5O2/c1-16-13(21)10-19-6-8-20(9-7-19)15(22)14-11-4-2-3-5-12(11)17-18-14/h2-5H,6-10H2,1H3,(H,16,21)(H,17,18). The number of amides is 2. The topological polar surface area (TPSA) is 81.3 Å². The lowest BCUT2D eigenvalue weighted by Crippen LogP contribution is -2.51. The molecule has 7 nitrogen and oxygen atoms in total. The zero-order valence-corrected chi connectivity index (χ0v) is 12.5. The van der Waals surface area contributed by atoms with Gasteiger partial charge in [-0.15, -0.1) is 0 Å². The Labute approximate surface area is 128 Å². The number of piperazine rings is 1. The van der Waals surface area contributed by atoms with E-state index in [0.717, 1.165) is 10.9 Å². The average molecular weight is 301 g/mol. The number of aromatic amines is 1. The Morgan fingerprint density at radius 2 is 1.95 bits per heavy atom.